The molecule has 1 aromatic heterocycles. The monoisotopic (exact) mass is 181 g/mol. The van der Waals surface area contributed by atoms with Crippen molar-refractivity contribution in [3.05, 3.63) is 34.7 Å². The molecule has 0 aliphatic rings. The molecule has 0 spiro atoms. The number of hydrogen-bond acceptors (Lipinski definition) is 3. The number of carbonyl (C=O) groups is 1. The van der Waals surface area contributed by atoms with Gasteiger partial charge < -0.3 is 4.74 Å². The maximum Gasteiger partial charge on any atom is 0.418 e. The zero-order valence-corrected chi connectivity index (χ0v) is 7.56. The number of ether oxygens (including phenoxy) is 1. The van der Waals surface area contributed by atoms with Gasteiger partial charge in [0.2, 0.25) is 0 Å². The van der Waals surface area contributed by atoms with E-state index in [0.29, 0.717) is 0 Å². The average Bonchev–Trinajstić information content (AvgIpc) is 2.04. The molecule has 0 saturated carbocycles. The summed E-state index contributed by atoms with van der Waals surface area (Å²) >= 11 is 0. The minimum Gasteiger partial charge on any atom is -0.446 e. The lowest BCUT2D eigenvalue weighted by molar-refractivity contribution is 0.117. The molecule has 1 aromatic rings. The first kappa shape index (κ1) is 9.51. The molecule has 1 rings (SSSR count). The van der Waals surface area contributed by atoms with Crippen LogP contribution in [-0.2, 0) is 4.74 Å². The van der Waals surface area contributed by atoms with Gasteiger partial charge in [-0.3, -0.25) is 9.36 Å². The van der Waals surface area contributed by atoms with Crippen molar-refractivity contribution in [3.8, 4) is 0 Å². The highest BCUT2D eigenvalue weighted by molar-refractivity contribution is 5.70. The van der Waals surface area contributed by atoms with E-state index in [9.17, 15) is 9.59 Å². The summed E-state index contributed by atoms with van der Waals surface area (Å²) in [5.74, 6) is 0. The van der Waals surface area contributed by atoms with Crippen LogP contribution in [0, 0.1) is 0 Å². The van der Waals surface area contributed by atoms with Gasteiger partial charge in [0, 0.05) is 24.5 Å². The number of pyridine rings is 1. The van der Waals surface area contributed by atoms with E-state index in [-0.39, 0.29) is 11.5 Å². The minimum atomic E-state index is -0.477. The third kappa shape index (κ3) is 2.74. The summed E-state index contributed by atoms with van der Waals surface area (Å²) < 4.78 is 6.12. The molecule has 0 unspecified atom stereocenters. The van der Waals surface area contributed by atoms with Gasteiger partial charge >= 0.3 is 6.09 Å². The lowest BCUT2D eigenvalue weighted by atomic mass is 10.5. The highest BCUT2D eigenvalue weighted by atomic mass is 16.6. The Morgan fingerprint density at radius 1 is 1.38 bits per heavy atom. The normalized spacial score (nSPS) is 10.1. The van der Waals surface area contributed by atoms with Crippen molar-refractivity contribution in [1.29, 1.82) is 0 Å². The lowest BCUT2D eigenvalue weighted by Crippen LogP contribution is -2.18. The molecule has 70 valence electrons. The zero-order valence-electron chi connectivity index (χ0n) is 7.56. The summed E-state index contributed by atoms with van der Waals surface area (Å²) in [4.78, 5) is 21.9. The highest BCUT2D eigenvalue weighted by Crippen LogP contribution is 1.93. The fourth-order valence-corrected chi connectivity index (χ4v) is 0.797. The number of aromatic nitrogens is 1. The fraction of sp³-hybridized carbons (Fsp3) is 0.333. The Bertz CT molecular complexity index is 334. The van der Waals surface area contributed by atoms with Crippen molar-refractivity contribution < 1.29 is 9.53 Å². The van der Waals surface area contributed by atoms with Gasteiger partial charge in [-0.25, -0.2) is 4.79 Å². The van der Waals surface area contributed by atoms with Gasteiger partial charge in [0.25, 0.3) is 0 Å². The lowest BCUT2D eigenvalue weighted by Gasteiger charge is -2.08. The first-order valence-electron chi connectivity index (χ1n) is 3.99. The second kappa shape index (κ2) is 3.89. The Morgan fingerprint density at radius 3 is 2.38 bits per heavy atom. The molecule has 0 amide bonds. The van der Waals surface area contributed by atoms with Crippen LogP contribution < -0.4 is 5.43 Å². The second-order valence-corrected chi connectivity index (χ2v) is 2.87. The average molecular weight is 181 g/mol. The van der Waals surface area contributed by atoms with E-state index in [2.05, 4.69) is 0 Å². The van der Waals surface area contributed by atoms with Crippen LogP contribution in [0.1, 0.15) is 13.8 Å². The third-order valence-electron chi connectivity index (χ3n) is 1.35. The van der Waals surface area contributed by atoms with Crippen molar-refractivity contribution in [1.82, 2.24) is 4.57 Å². The molecule has 0 fully saturated rings. The molecule has 1 heterocycles. The Labute approximate surface area is 75.8 Å². The molecule has 0 aliphatic carbocycles. The second-order valence-electron chi connectivity index (χ2n) is 2.87. The van der Waals surface area contributed by atoms with Gasteiger partial charge in [0.1, 0.15) is 0 Å². The molecule has 0 aromatic carbocycles. The quantitative estimate of drug-likeness (QED) is 0.654. The smallest absolute Gasteiger partial charge is 0.418 e. The molecule has 4 nitrogen and oxygen atoms in total. The Kier molecular flexibility index (Phi) is 2.84. The topological polar surface area (TPSA) is 48.3 Å². The van der Waals surface area contributed by atoms with E-state index < -0.39 is 6.09 Å². The predicted octanol–water partition coefficient (Wildman–Crippen LogP) is 1.24. The maximum absolute atomic E-state index is 11.2. The number of nitrogens with zero attached hydrogens (tertiary/aromatic N) is 1. The Morgan fingerprint density at radius 2 is 1.92 bits per heavy atom. The molecule has 0 atom stereocenters. The van der Waals surface area contributed by atoms with E-state index >= 15 is 0 Å². The van der Waals surface area contributed by atoms with Gasteiger partial charge in [0.15, 0.2) is 5.43 Å². The molecule has 13 heavy (non-hydrogen) atoms. The van der Waals surface area contributed by atoms with Crippen LogP contribution in [-0.4, -0.2) is 16.8 Å². The standard InChI is InChI=1S/C9H11NO3/c1-7(2)13-9(12)10-5-3-8(11)4-6-10/h3-7H,1-2H3. The van der Waals surface area contributed by atoms with E-state index in [4.69, 9.17) is 4.74 Å². The summed E-state index contributed by atoms with van der Waals surface area (Å²) in [7, 11) is 0. The van der Waals surface area contributed by atoms with Crippen LogP contribution in [0.2, 0.25) is 0 Å². The first-order chi connectivity index (χ1) is 6.09. The van der Waals surface area contributed by atoms with E-state index in [1.807, 2.05) is 0 Å². The van der Waals surface area contributed by atoms with Crippen molar-refractivity contribution in [2.75, 3.05) is 0 Å². The highest BCUT2D eigenvalue weighted by Gasteiger charge is 2.05. The maximum atomic E-state index is 11.2. The van der Waals surface area contributed by atoms with Crippen molar-refractivity contribution >= 4 is 6.09 Å². The number of rotatable bonds is 1. The molecular formula is C9H11NO3. The molecule has 0 aliphatic heterocycles. The summed E-state index contributed by atoms with van der Waals surface area (Å²) in [6, 6.07) is 2.61. The van der Waals surface area contributed by atoms with Gasteiger partial charge in [-0.05, 0) is 13.8 Å². The van der Waals surface area contributed by atoms with Crippen LogP contribution in [0.5, 0.6) is 0 Å². The van der Waals surface area contributed by atoms with E-state index in [1.54, 1.807) is 13.8 Å². The van der Waals surface area contributed by atoms with Crippen molar-refractivity contribution in [3.63, 3.8) is 0 Å². The van der Waals surface area contributed by atoms with Crippen molar-refractivity contribution in [2.24, 2.45) is 0 Å². The van der Waals surface area contributed by atoms with Gasteiger partial charge in [0.05, 0.1) is 6.10 Å². The number of hydrogen-bond donors (Lipinski definition) is 0. The van der Waals surface area contributed by atoms with E-state index in [1.165, 1.54) is 29.1 Å². The van der Waals surface area contributed by atoms with Crippen LogP contribution in [0.15, 0.2) is 29.3 Å². The SMILES string of the molecule is CC(C)OC(=O)n1ccc(=O)cc1. The summed E-state index contributed by atoms with van der Waals surface area (Å²) in [5, 5.41) is 0. The molecule has 0 bridgehead atoms. The van der Waals surface area contributed by atoms with Gasteiger partial charge in [-0.2, -0.15) is 0 Å². The summed E-state index contributed by atoms with van der Waals surface area (Å²) in [5.41, 5.74) is -0.131. The largest absolute Gasteiger partial charge is 0.446 e. The number of carbonyl (C=O) groups excluding carboxylic acids is 1. The molecule has 0 saturated heterocycles. The Hall–Kier alpha value is -1.58. The summed E-state index contributed by atoms with van der Waals surface area (Å²) in [6.07, 6.45) is 2.13. The van der Waals surface area contributed by atoms with Gasteiger partial charge in [-0.15, -0.1) is 0 Å². The molecule has 0 N–H and O–H groups in total. The third-order valence-corrected chi connectivity index (χ3v) is 1.35. The fourth-order valence-electron chi connectivity index (χ4n) is 0.797. The van der Waals surface area contributed by atoms with Gasteiger partial charge in [-0.1, -0.05) is 0 Å². The summed E-state index contributed by atoms with van der Waals surface area (Å²) in [6.45, 7) is 3.53. The molecular weight excluding hydrogens is 170 g/mol. The predicted molar refractivity (Wildman–Crippen MR) is 47.7 cm³/mol. The van der Waals surface area contributed by atoms with Crippen LogP contribution in [0.25, 0.3) is 0 Å². The minimum absolute atomic E-state index is 0.131. The zero-order chi connectivity index (χ0) is 9.84. The van der Waals surface area contributed by atoms with E-state index in [0.717, 1.165) is 0 Å². The molecule has 0 radical (unpaired) electrons. The molecule has 4 heteroatoms. The van der Waals surface area contributed by atoms with Crippen molar-refractivity contribution in [2.45, 2.75) is 20.0 Å². The van der Waals surface area contributed by atoms with Crippen LogP contribution in [0.3, 0.4) is 0 Å². The van der Waals surface area contributed by atoms with Crippen LogP contribution >= 0.6 is 0 Å². The van der Waals surface area contributed by atoms with Crippen LogP contribution in [0.4, 0.5) is 4.79 Å². The first-order valence-corrected chi connectivity index (χ1v) is 3.99. The Balaban J connectivity index is 2.78.